The highest BCUT2D eigenvalue weighted by Gasteiger charge is 2.21. The van der Waals surface area contributed by atoms with Crippen molar-refractivity contribution >= 4 is 17.7 Å². The van der Waals surface area contributed by atoms with Crippen LogP contribution in [-0.4, -0.2) is 41.7 Å². The Morgan fingerprint density at radius 2 is 2.21 bits per heavy atom. The first kappa shape index (κ1) is 11.9. The van der Waals surface area contributed by atoms with Crippen LogP contribution in [0, 0.1) is 0 Å². The van der Waals surface area contributed by atoms with E-state index in [0.717, 1.165) is 25.4 Å². The molecule has 0 saturated carbocycles. The molecule has 14 heavy (non-hydrogen) atoms. The summed E-state index contributed by atoms with van der Waals surface area (Å²) < 4.78 is 4.90. The summed E-state index contributed by atoms with van der Waals surface area (Å²) in [6.07, 6.45) is 1.60. The van der Waals surface area contributed by atoms with Gasteiger partial charge in [-0.1, -0.05) is 13.8 Å². The van der Waals surface area contributed by atoms with E-state index in [9.17, 15) is 4.79 Å². The Kier molecular flexibility index (Phi) is 5.33. The average Bonchev–Trinajstić information content (AvgIpc) is 2.19. The van der Waals surface area contributed by atoms with Crippen molar-refractivity contribution < 1.29 is 9.53 Å². The number of carbonyl (C=O) groups excluding carboxylic acids is 1. The zero-order chi connectivity index (χ0) is 10.4. The van der Waals surface area contributed by atoms with Gasteiger partial charge in [0.2, 0.25) is 0 Å². The van der Waals surface area contributed by atoms with Gasteiger partial charge in [-0.25, -0.2) is 0 Å². The minimum absolute atomic E-state index is 0.0340. The van der Waals surface area contributed by atoms with Gasteiger partial charge in [0.05, 0.1) is 13.0 Å². The predicted octanol–water partition coefficient (Wildman–Crippen LogP) is 1.72. The van der Waals surface area contributed by atoms with Crippen molar-refractivity contribution in [3.63, 3.8) is 0 Å². The lowest BCUT2D eigenvalue weighted by Gasteiger charge is -2.24. The molecule has 0 amide bonds. The van der Waals surface area contributed by atoms with Crippen LogP contribution in [0.15, 0.2) is 0 Å². The smallest absolute Gasteiger partial charge is 0.306 e. The second-order valence-electron chi connectivity index (χ2n) is 3.43. The fourth-order valence-electron chi connectivity index (χ4n) is 1.41. The molecule has 0 N–H and O–H groups in total. The average molecular weight is 217 g/mol. The van der Waals surface area contributed by atoms with E-state index in [1.54, 1.807) is 0 Å². The Labute approximate surface area is 90.2 Å². The highest BCUT2D eigenvalue weighted by atomic mass is 32.2. The second-order valence-corrected chi connectivity index (χ2v) is 4.69. The largest absolute Gasteiger partial charge is 0.466 e. The summed E-state index contributed by atoms with van der Waals surface area (Å²) in [5, 5.41) is 0.469. The van der Waals surface area contributed by atoms with Crippen molar-refractivity contribution in [3.05, 3.63) is 0 Å². The number of thioether (sulfide) groups is 1. The lowest BCUT2D eigenvalue weighted by atomic mass is 10.2. The summed E-state index contributed by atoms with van der Waals surface area (Å²) in [4.78, 5) is 13.4. The molecule has 82 valence electrons. The van der Waals surface area contributed by atoms with E-state index in [2.05, 4.69) is 18.7 Å². The van der Waals surface area contributed by atoms with Crippen LogP contribution in [0.4, 0.5) is 0 Å². The van der Waals surface area contributed by atoms with E-state index < -0.39 is 0 Å². The van der Waals surface area contributed by atoms with Crippen LogP contribution in [0.2, 0.25) is 0 Å². The first-order valence-corrected chi connectivity index (χ1v) is 6.30. The summed E-state index contributed by atoms with van der Waals surface area (Å²) in [5.41, 5.74) is 0. The van der Waals surface area contributed by atoms with Gasteiger partial charge in [-0.2, -0.15) is 0 Å². The van der Waals surface area contributed by atoms with E-state index in [0.29, 0.717) is 18.3 Å². The third kappa shape index (κ3) is 3.88. The summed E-state index contributed by atoms with van der Waals surface area (Å²) in [7, 11) is 0. The molecule has 0 aromatic rings. The molecule has 1 heterocycles. The van der Waals surface area contributed by atoms with Gasteiger partial charge in [0.15, 0.2) is 0 Å². The molecule has 1 saturated heterocycles. The minimum Gasteiger partial charge on any atom is -0.466 e. The highest BCUT2D eigenvalue weighted by Crippen LogP contribution is 2.23. The Morgan fingerprint density at radius 3 is 2.79 bits per heavy atom. The molecule has 4 heteroatoms. The van der Waals surface area contributed by atoms with Crippen LogP contribution in [0.5, 0.6) is 0 Å². The molecule has 0 aromatic heterocycles. The summed E-state index contributed by atoms with van der Waals surface area (Å²) in [6.45, 7) is 7.11. The zero-order valence-electron chi connectivity index (χ0n) is 8.99. The molecule has 1 atom stereocenters. The molecular formula is C10H19NO2S. The van der Waals surface area contributed by atoms with Crippen molar-refractivity contribution in [2.24, 2.45) is 0 Å². The van der Waals surface area contributed by atoms with Gasteiger partial charge in [0, 0.05) is 11.1 Å². The molecule has 0 radical (unpaired) electrons. The van der Waals surface area contributed by atoms with Crippen molar-refractivity contribution in [2.45, 2.75) is 31.9 Å². The Bertz CT molecular complexity index is 183. The number of rotatable bonds is 5. The molecule has 1 aliphatic rings. The molecule has 1 rings (SSSR count). The summed E-state index contributed by atoms with van der Waals surface area (Å²) >= 11 is 1.88. The van der Waals surface area contributed by atoms with Crippen molar-refractivity contribution in [3.8, 4) is 0 Å². The molecule has 0 spiro atoms. The monoisotopic (exact) mass is 217 g/mol. The maximum Gasteiger partial charge on any atom is 0.306 e. The Hall–Kier alpha value is -0.220. The fraction of sp³-hybridized carbons (Fsp3) is 0.900. The topological polar surface area (TPSA) is 29.5 Å². The van der Waals surface area contributed by atoms with Gasteiger partial charge in [-0.3, -0.25) is 9.69 Å². The molecule has 0 bridgehead atoms. The third-order valence-corrected chi connectivity index (χ3v) is 3.87. The van der Waals surface area contributed by atoms with E-state index >= 15 is 0 Å². The summed E-state index contributed by atoms with van der Waals surface area (Å²) in [6, 6.07) is 0. The van der Waals surface area contributed by atoms with E-state index in [1.807, 2.05) is 11.8 Å². The molecule has 1 unspecified atom stereocenters. The SMILES string of the molecule is CCN(CC)CSC1CCOC(=O)C1. The van der Waals surface area contributed by atoms with Crippen LogP contribution in [0.1, 0.15) is 26.7 Å². The minimum atomic E-state index is -0.0340. The molecule has 0 aliphatic carbocycles. The molecule has 3 nitrogen and oxygen atoms in total. The number of hydrogen-bond acceptors (Lipinski definition) is 4. The van der Waals surface area contributed by atoms with Crippen molar-refractivity contribution in [1.29, 1.82) is 0 Å². The van der Waals surface area contributed by atoms with Crippen LogP contribution in [0.25, 0.3) is 0 Å². The lowest BCUT2D eigenvalue weighted by Crippen LogP contribution is -2.27. The van der Waals surface area contributed by atoms with E-state index in [-0.39, 0.29) is 5.97 Å². The quantitative estimate of drug-likeness (QED) is 0.518. The number of ether oxygens (including phenoxy) is 1. The maximum absolute atomic E-state index is 11.0. The van der Waals surface area contributed by atoms with E-state index in [1.165, 1.54) is 0 Å². The zero-order valence-corrected chi connectivity index (χ0v) is 9.81. The number of carbonyl (C=O) groups is 1. The third-order valence-electron chi connectivity index (χ3n) is 2.48. The second kappa shape index (κ2) is 6.30. The normalized spacial score (nSPS) is 22.5. The molecular weight excluding hydrogens is 198 g/mol. The number of esters is 1. The highest BCUT2D eigenvalue weighted by molar-refractivity contribution is 7.99. The van der Waals surface area contributed by atoms with Crippen LogP contribution in [0.3, 0.4) is 0 Å². The van der Waals surface area contributed by atoms with Crippen LogP contribution in [-0.2, 0) is 9.53 Å². The number of hydrogen-bond donors (Lipinski definition) is 0. The number of cyclic esters (lactones) is 1. The first-order valence-electron chi connectivity index (χ1n) is 5.25. The van der Waals surface area contributed by atoms with Gasteiger partial charge in [-0.15, -0.1) is 11.8 Å². The maximum atomic E-state index is 11.0. The van der Waals surface area contributed by atoms with Gasteiger partial charge >= 0.3 is 5.97 Å². The molecule has 1 fully saturated rings. The summed E-state index contributed by atoms with van der Waals surface area (Å²) in [5.74, 6) is 0.999. The lowest BCUT2D eigenvalue weighted by molar-refractivity contribution is -0.146. The van der Waals surface area contributed by atoms with Gasteiger partial charge in [0.1, 0.15) is 0 Å². The van der Waals surface area contributed by atoms with Gasteiger partial charge < -0.3 is 4.74 Å². The molecule has 0 aromatic carbocycles. The fourth-order valence-corrected chi connectivity index (χ4v) is 2.71. The van der Waals surface area contributed by atoms with Gasteiger partial charge in [-0.05, 0) is 19.5 Å². The van der Waals surface area contributed by atoms with E-state index in [4.69, 9.17) is 4.74 Å². The molecule has 1 aliphatic heterocycles. The Balaban J connectivity index is 2.19. The standard InChI is InChI=1S/C10H19NO2S/c1-3-11(4-2)8-14-9-5-6-13-10(12)7-9/h9H,3-8H2,1-2H3. The van der Waals surface area contributed by atoms with Gasteiger partial charge in [0.25, 0.3) is 0 Å². The van der Waals surface area contributed by atoms with Crippen LogP contribution < -0.4 is 0 Å². The Morgan fingerprint density at radius 1 is 1.50 bits per heavy atom. The predicted molar refractivity (Wildman–Crippen MR) is 59.4 cm³/mol. The number of nitrogens with zero attached hydrogens (tertiary/aromatic N) is 1. The first-order chi connectivity index (χ1) is 6.76. The van der Waals surface area contributed by atoms with Crippen molar-refractivity contribution in [1.82, 2.24) is 4.90 Å². The van der Waals surface area contributed by atoms with Crippen LogP contribution >= 0.6 is 11.8 Å². The van der Waals surface area contributed by atoms with Crippen molar-refractivity contribution in [2.75, 3.05) is 25.6 Å².